The normalized spacial score (nSPS) is 40.5. The molecule has 0 spiro atoms. The second kappa shape index (κ2) is 8.02. The topological polar surface area (TPSA) is 62.1 Å². The highest BCUT2D eigenvalue weighted by Crippen LogP contribution is 2.51. The molecule has 1 fully saturated rings. The first-order valence-electron chi connectivity index (χ1n) is 10.7. The lowest BCUT2D eigenvalue weighted by molar-refractivity contribution is -0.187. The number of carbonyl (C=O) groups excluding carboxylic acids is 1. The average Bonchev–Trinajstić information content (AvgIpc) is 3.02. The number of aliphatic hydroxyl groups is 1. The number of nitrogens with zero attached hydrogens (tertiary/aromatic N) is 2. The molecule has 1 saturated heterocycles. The van der Waals surface area contributed by atoms with Crippen molar-refractivity contribution in [1.82, 2.24) is 5.01 Å². The standard InChI is InChI=1S/C23H36N2O3/c1-16-8-6-9-17(2)11-12-19-14-20(26)22(4,13-7-10-16)25-23(19,21(27)28-5)15-18(3)24-25/h9-10,19-20,26H,6-8,11-15H2,1-5H3/b16-10+,17-9+/t19-,20-,22+,23-/m0/s1. The van der Waals surface area contributed by atoms with E-state index in [4.69, 9.17) is 9.84 Å². The van der Waals surface area contributed by atoms with Crippen LogP contribution in [0.25, 0.3) is 0 Å². The Balaban J connectivity index is 2.08. The molecule has 0 aromatic rings. The molecule has 5 nitrogen and oxygen atoms in total. The molecule has 156 valence electrons. The van der Waals surface area contributed by atoms with Gasteiger partial charge in [0.1, 0.15) is 0 Å². The van der Waals surface area contributed by atoms with E-state index in [1.807, 2.05) is 11.9 Å². The maximum atomic E-state index is 13.2. The summed E-state index contributed by atoms with van der Waals surface area (Å²) in [5.41, 5.74) is 2.31. The minimum Gasteiger partial charge on any atom is -0.467 e. The number of piperidine rings is 1. The van der Waals surface area contributed by atoms with Crippen molar-refractivity contribution in [3.63, 3.8) is 0 Å². The predicted molar refractivity (Wildman–Crippen MR) is 112 cm³/mol. The average molecular weight is 389 g/mol. The van der Waals surface area contributed by atoms with Gasteiger partial charge in [-0.2, -0.15) is 5.10 Å². The van der Waals surface area contributed by atoms with Crippen LogP contribution in [0, 0.1) is 5.92 Å². The Morgan fingerprint density at radius 1 is 1.21 bits per heavy atom. The van der Waals surface area contributed by atoms with Gasteiger partial charge in [-0.25, -0.2) is 4.79 Å². The molecule has 3 heterocycles. The third kappa shape index (κ3) is 3.54. The van der Waals surface area contributed by atoms with Crippen molar-refractivity contribution < 1.29 is 14.6 Å². The highest BCUT2D eigenvalue weighted by atomic mass is 16.5. The number of hydrazone groups is 1. The number of esters is 1. The van der Waals surface area contributed by atoms with Crippen LogP contribution in [0.5, 0.6) is 0 Å². The lowest BCUT2D eigenvalue weighted by Gasteiger charge is -2.56. The van der Waals surface area contributed by atoms with Crippen LogP contribution in [-0.2, 0) is 9.53 Å². The zero-order chi connectivity index (χ0) is 20.5. The zero-order valence-corrected chi connectivity index (χ0v) is 18.1. The van der Waals surface area contributed by atoms with E-state index in [0.717, 1.165) is 44.2 Å². The molecule has 2 bridgehead atoms. The summed E-state index contributed by atoms with van der Waals surface area (Å²) in [6, 6.07) is 0. The minimum atomic E-state index is -0.796. The van der Waals surface area contributed by atoms with Gasteiger partial charge in [-0.15, -0.1) is 0 Å². The molecule has 0 saturated carbocycles. The third-order valence-corrected chi connectivity index (χ3v) is 7.16. The fourth-order valence-electron chi connectivity index (χ4n) is 5.40. The summed E-state index contributed by atoms with van der Waals surface area (Å²) in [7, 11) is 1.47. The van der Waals surface area contributed by atoms with Crippen molar-refractivity contribution >= 4 is 11.7 Å². The Bertz CT molecular complexity index is 711. The lowest BCUT2D eigenvalue weighted by atomic mass is 9.65. The van der Waals surface area contributed by atoms with Crippen LogP contribution in [0.15, 0.2) is 28.4 Å². The number of allylic oxidation sites excluding steroid dienone is 4. The van der Waals surface area contributed by atoms with Crippen molar-refractivity contribution in [1.29, 1.82) is 0 Å². The van der Waals surface area contributed by atoms with Gasteiger partial charge in [0.05, 0.1) is 18.8 Å². The Labute approximate surface area is 169 Å². The number of carbonyl (C=O) groups is 1. The molecule has 0 amide bonds. The number of hydrogen-bond acceptors (Lipinski definition) is 5. The number of ether oxygens (including phenoxy) is 1. The zero-order valence-electron chi connectivity index (χ0n) is 18.1. The molecule has 0 radical (unpaired) electrons. The number of rotatable bonds is 1. The number of aliphatic hydroxyl groups excluding tert-OH is 1. The van der Waals surface area contributed by atoms with Crippen LogP contribution < -0.4 is 0 Å². The summed E-state index contributed by atoms with van der Waals surface area (Å²) in [6.45, 7) is 8.40. The van der Waals surface area contributed by atoms with E-state index in [0.29, 0.717) is 12.8 Å². The maximum absolute atomic E-state index is 13.2. The highest BCUT2D eigenvalue weighted by molar-refractivity contribution is 5.94. The Morgan fingerprint density at radius 3 is 2.61 bits per heavy atom. The molecule has 1 N–H and O–H groups in total. The minimum absolute atomic E-state index is 0.0211. The van der Waals surface area contributed by atoms with Crippen LogP contribution >= 0.6 is 0 Å². The van der Waals surface area contributed by atoms with Crippen molar-refractivity contribution in [3.05, 3.63) is 23.3 Å². The Hall–Kier alpha value is -1.62. The Kier molecular flexibility index (Phi) is 6.04. The molecule has 0 aromatic carbocycles. The van der Waals surface area contributed by atoms with E-state index < -0.39 is 17.2 Å². The molecular weight excluding hydrogens is 352 g/mol. The largest absolute Gasteiger partial charge is 0.467 e. The SMILES string of the molecule is COC(=O)[C@@]12CC(C)=NN1[C@]1(C)CC/C=C(\C)CC/C=C(\C)CC[C@H]2C[C@@H]1O. The summed E-state index contributed by atoms with van der Waals surface area (Å²) in [6.07, 6.45) is 10.9. The van der Waals surface area contributed by atoms with Gasteiger partial charge in [-0.3, -0.25) is 5.01 Å². The van der Waals surface area contributed by atoms with Gasteiger partial charge < -0.3 is 9.84 Å². The van der Waals surface area contributed by atoms with E-state index in [9.17, 15) is 9.90 Å². The summed E-state index contributed by atoms with van der Waals surface area (Å²) in [4.78, 5) is 13.2. The third-order valence-electron chi connectivity index (χ3n) is 7.16. The quantitative estimate of drug-likeness (QED) is 0.535. The fraction of sp³-hybridized carbons (Fsp3) is 0.739. The second-order valence-electron chi connectivity index (χ2n) is 9.26. The molecule has 5 heteroatoms. The van der Waals surface area contributed by atoms with Gasteiger partial charge in [0.15, 0.2) is 5.54 Å². The first-order valence-corrected chi connectivity index (χ1v) is 10.7. The van der Waals surface area contributed by atoms with Gasteiger partial charge >= 0.3 is 5.97 Å². The van der Waals surface area contributed by atoms with Crippen LogP contribution in [0.4, 0.5) is 0 Å². The van der Waals surface area contributed by atoms with Crippen LogP contribution in [0.3, 0.4) is 0 Å². The highest BCUT2D eigenvalue weighted by Gasteiger charge is 2.64. The van der Waals surface area contributed by atoms with Crippen LogP contribution in [0.2, 0.25) is 0 Å². The van der Waals surface area contributed by atoms with E-state index in [2.05, 4.69) is 32.9 Å². The van der Waals surface area contributed by atoms with Crippen molar-refractivity contribution in [2.75, 3.05) is 7.11 Å². The molecule has 3 aliphatic rings. The van der Waals surface area contributed by atoms with E-state index >= 15 is 0 Å². The van der Waals surface area contributed by atoms with Gasteiger partial charge in [-0.05, 0) is 78.6 Å². The summed E-state index contributed by atoms with van der Waals surface area (Å²) in [5, 5.41) is 18.0. The summed E-state index contributed by atoms with van der Waals surface area (Å²) < 4.78 is 5.33. The molecule has 3 rings (SSSR count). The monoisotopic (exact) mass is 388 g/mol. The molecule has 28 heavy (non-hydrogen) atoms. The van der Waals surface area contributed by atoms with E-state index in [-0.39, 0.29) is 11.9 Å². The first-order chi connectivity index (χ1) is 13.2. The lowest BCUT2D eigenvalue weighted by Crippen LogP contribution is -2.70. The molecule has 0 aliphatic carbocycles. The van der Waals surface area contributed by atoms with Crippen molar-refractivity contribution in [2.45, 2.75) is 96.2 Å². The number of hydrogen-bond donors (Lipinski definition) is 1. The molecule has 0 aromatic heterocycles. The maximum Gasteiger partial charge on any atom is 0.334 e. The van der Waals surface area contributed by atoms with E-state index in [1.165, 1.54) is 18.3 Å². The molecule has 0 unspecified atom stereocenters. The summed E-state index contributed by atoms with van der Waals surface area (Å²) >= 11 is 0. The fourth-order valence-corrected chi connectivity index (χ4v) is 5.40. The predicted octanol–water partition coefficient (Wildman–Crippen LogP) is 4.37. The summed E-state index contributed by atoms with van der Waals surface area (Å²) in [5.74, 6) is -0.190. The van der Waals surface area contributed by atoms with Crippen LogP contribution in [0.1, 0.15) is 79.1 Å². The second-order valence-corrected chi connectivity index (χ2v) is 9.26. The van der Waals surface area contributed by atoms with Crippen molar-refractivity contribution in [2.24, 2.45) is 11.0 Å². The van der Waals surface area contributed by atoms with E-state index in [1.54, 1.807) is 0 Å². The van der Waals surface area contributed by atoms with Gasteiger partial charge in [0.2, 0.25) is 0 Å². The number of methoxy groups -OCH3 is 1. The van der Waals surface area contributed by atoms with Gasteiger partial charge in [0.25, 0.3) is 0 Å². The first kappa shape index (κ1) is 21.1. The van der Waals surface area contributed by atoms with Crippen LogP contribution in [-0.4, -0.2) is 46.1 Å². The molecule has 3 aliphatic heterocycles. The molecule has 4 atom stereocenters. The van der Waals surface area contributed by atoms with Gasteiger partial charge in [-0.1, -0.05) is 23.3 Å². The smallest absolute Gasteiger partial charge is 0.334 e. The van der Waals surface area contributed by atoms with Crippen molar-refractivity contribution in [3.8, 4) is 0 Å². The van der Waals surface area contributed by atoms with Gasteiger partial charge in [0, 0.05) is 12.1 Å². The Morgan fingerprint density at radius 2 is 1.89 bits per heavy atom. The molecular formula is C23H36N2O3.